The molecular weight excluding hydrogens is 353 g/mol. The maximum atomic E-state index is 12.4. The van der Waals surface area contributed by atoms with Crippen molar-refractivity contribution in [1.29, 1.82) is 0 Å². The Labute approximate surface area is 110 Å². The highest BCUT2D eigenvalue weighted by molar-refractivity contribution is 7.52. The molecule has 0 aliphatic heterocycles. The summed E-state index contributed by atoms with van der Waals surface area (Å²) in [5.74, 6) is -11.0. The van der Waals surface area contributed by atoms with E-state index in [-0.39, 0.29) is 6.66 Å². The van der Waals surface area contributed by atoms with E-state index < -0.39 is 45.0 Å². The molecule has 0 atom stereocenters. The second-order valence-corrected chi connectivity index (χ2v) is 5.78. The van der Waals surface area contributed by atoms with Gasteiger partial charge in [0.1, 0.15) is 13.2 Å². The molecule has 0 fully saturated rings. The third-order valence-electron chi connectivity index (χ3n) is 1.79. The molecule has 0 heterocycles. The first-order chi connectivity index (χ1) is 8.91. The summed E-state index contributed by atoms with van der Waals surface area (Å²) in [4.78, 5) is 0. The maximum absolute atomic E-state index is 12.4. The van der Waals surface area contributed by atoms with Gasteiger partial charge in [-0.3, -0.25) is 4.57 Å². The van der Waals surface area contributed by atoms with Gasteiger partial charge in [0.25, 0.3) is 0 Å². The zero-order chi connectivity index (χ0) is 17.3. The average molecular weight is 360 g/mol. The van der Waals surface area contributed by atoms with Crippen molar-refractivity contribution >= 4 is 7.60 Å². The van der Waals surface area contributed by atoms with Crippen molar-refractivity contribution in [2.24, 2.45) is 0 Å². The Bertz CT molecular complexity index is 366. The van der Waals surface area contributed by atoms with Crippen molar-refractivity contribution in [2.75, 3.05) is 19.9 Å². The van der Waals surface area contributed by atoms with Crippen molar-refractivity contribution < 1.29 is 57.5 Å². The third kappa shape index (κ3) is 5.99. The lowest BCUT2D eigenvalue weighted by atomic mass is 10.3. The Kier molecular flexibility index (Phi) is 5.76. The molecule has 0 aromatic heterocycles. The van der Waals surface area contributed by atoms with E-state index in [9.17, 15) is 48.5 Å². The minimum atomic E-state index is -6.08. The molecule has 0 spiro atoms. The van der Waals surface area contributed by atoms with E-state index in [0.29, 0.717) is 0 Å². The average Bonchev–Trinajstić information content (AvgIpc) is 2.21. The number of hydrogen-bond acceptors (Lipinski definition) is 3. The van der Waals surface area contributed by atoms with Crippen LogP contribution in [0.4, 0.5) is 43.9 Å². The Hall–Kier alpha value is -0.550. The molecule has 14 heteroatoms. The van der Waals surface area contributed by atoms with Crippen molar-refractivity contribution in [2.45, 2.75) is 24.2 Å². The summed E-state index contributed by atoms with van der Waals surface area (Å²) in [6.07, 6.45) is -12.2. The zero-order valence-electron chi connectivity index (χ0n) is 9.87. The summed E-state index contributed by atoms with van der Waals surface area (Å²) < 4.78 is 138. The van der Waals surface area contributed by atoms with Gasteiger partial charge >= 0.3 is 31.8 Å². The molecule has 0 unspecified atom stereocenters. The fourth-order valence-electron chi connectivity index (χ4n) is 0.598. The van der Waals surface area contributed by atoms with Crippen LogP contribution in [0.3, 0.4) is 0 Å². The maximum Gasteiger partial charge on any atom is 0.455 e. The van der Waals surface area contributed by atoms with Gasteiger partial charge in [-0.15, -0.1) is 0 Å². The summed E-state index contributed by atoms with van der Waals surface area (Å²) in [7, 11) is -4.98. The lowest BCUT2D eigenvalue weighted by Gasteiger charge is -2.24. The Morgan fingerprint density at radius 3 is 1.14 bits per heavy atom. The fourth-order valence-corrected chi connectivity index (χ4v) is 1.47. The van der Waals surface area contributed by atoms with Crippen LogP contribution >= 0.6 is 7.60 Å². The second kappa shape index (κ2) is 5.92. The van der Waals surface area contributed by atoms with Gasteiger partial charge in [-0.25, -0.2) is 0 Å². The molecule has 0 saturated carbocycles. The van der Waals surface area contributed by atoms with Gasteiger partial charge in [-0.2, -0.15) is 43.9 Å². The standard InChI is InChI=1S/C7H7F10O3P/c1-21(18,19-2-4(8,9)6(12,13)14)20-3-5(10,11)7(15,16)17/h2-3H2,1H3. The third-order valence-corrected chi connectivity index (χ3v) is 2.99. The number of alkyl halides is 10. The van der Waals surface area contributed by atoms with E-state index in [4.69, 9.17) is 0 Å². The van der Waals surface area contributed by atoms with E-state index in [1.807, 2.05) is 0 Å². The summed E-state index contributed by atoms with van der Waals surface area (Å²) in [6.45, 7) is -4.93. The van der Waals surface area contributed by atoms with Crippen molar-refractivity contribution in [1.82, 2.24) is 0 Å². The molecule has 0 aliphatic rings. The molecule has 21 heavy (non-hydrogen) atoms. The zero-order valence-corrected chi connectivity index (χ0v) is 10.8. The van der Waals surface area contributed by atoms with Crippen LogP contribution in [0.2, 0.25) is 0 Å². The van der Waals surface area contributed by atoms with E-state index in [1.165, 1.54) is 0 Å². The lowest BCUT2D eigenvalue weighted by molar-refractivity contribution is -0.294. The highest BCUT2D eigenvalue weighted by atomic mass is 31.2. The van der Waals surface area contributed by atoms with Gasteiger partial charge in [-0.05, 0) is 0 Å². The summed E-state index contributed by atoms with van der Waals surface area (Å²) in [5, 5.41) is 0. The monoisotopic (exact) mass is 360 g/mol. The second-order valence-electron chi connectivity index (χ2n) is 3.72. The molecule has 3 nitrogen and oxygen atoms in total. The van der Waals surface area contributed by atoms with Gasteiger partial charge < -0.3 is 9.05 Å². The summed E-state index contributed by atoms with van der Waals surface area (Å²) in [5.41, 5.74) is 0. The van der Waals surface area contributed by atoms with E-state index in [0.717, 1.165) is 0 Å². The van der Waals surface area contributed by atoms with Gasteiger partial charge in [0, 0.05) is 6.66 Å². The molecule has 0 bridgehead atoms. The van der Waals surface area contributed by atoms with Crippen molar-refractivity contribution in [3.63, 3.8) is 0 Å². The Morgan fingerprint density at radius 1 is 0.714 bits per heavy atom. The predicted octanol–water partition coefficient (Wildman–Crippen LogP) is 4.24. The van der Waals surface area contributed by atoms with Crippen LogP contribution in [0, 0.1) is 0 Å². The predicted molar refractivity (Wildman–Crippen MR) is 47.4 cm³/mol. The van der Waals surface area contributed by atoms with Crippen LogP contribution in [0.25, 0.3) is 0 Å². The molecular formula is C7H7F10O3P. The van der Waals surface area contributed by atoms with Gasteiger partial charge in [0.15, 0.2) is 0 Å². The topological polar surface area (TPSA) is 35.5 Å². The molecule has 128 valence electrons. The molecule has 0 aromatic carbocycles. The Morgan fingerprint density at radius 2 is 0.952 bits per heavy atom. The fraction of sp³-hybridized carbons (Fsp3) is 1.00. The minimum Gasteiger partial charge on any atom is -0.302 e. The van der Waals surface area contributed by atoms with Crippen molar-refractivity contribution in [3.8, 4) is 0 Å². The largest absolute Gasteiger partial charge is 0.455 e. The Balaban J connectivity index is 4.65. The normalized spacial score (nSPS) is 15.4. The van der Waals surface area contributed by atoms with Gasteiger partial charge in [0.05, 0.1) is 0 Å². The van der Waals surface area contributed by atoms with Crippen LogP contribution < -0.4 is 0 Å². The van der Waals surface area contributed by atoms with Crippen molar-refractivity contribution in [3.05, 3.63) is 0 Å². The molecule has 0 aromatic rings. The molecule has 0 radical (unpaired) electrons. The lowest BCUT2D eigenvalue weighted by Crippen LogP contribution is -2.41. The van der Waals surface area contributed by atoms with Crippen LogP contribution in [-0.2, 0) is 13.6 Å². The van der Waals surface area contributed by atoms with Crippen LogP contribution in [0.1, 0.15) is 0 Å². The molecule has 0 amide bonds. The molecule has 0 N–H and O–H groups in total. The van der Waals surface area contributed by atoms with E-state index >= 15 is 0 Å². The highest BCUT2D eigenvalue weighted by Gasteiger charge is 2.60. The SMILES string of the molecule is CP(=O)(OCC(F)(F)C(F)(F)F)OCC(F)(F)C(F)(F)F. The molecule has 0 rings (SSSR count). The van der Waals surface area contributed by atoms with Crippen LogP contribution in [-0.4, -0.2) is 44.1 Å². The first-order valence-electron chi connectivity index (χ1n) is 4.67. The van der Waals surface area contributed by atoms with Gasteiger partial charge in [-0.1, -0.05) is 0 Å². The summed E-state index contributed by atoms with van der Waals surface area (Å²) in [6, 6.07) is 0. The van der Waals surface area contributed by atoms with Crippen LogP contribution in [0.5, 0.6) is 0 Å². The molecule has 0 saturated heterocycles. The van der Waals surface area contributed by atoms with Crippen LogP contribution in [0.15, 0.2) is 0 Å². The molecule has 0 aliphatic carbocycles. The summed E-state index contributed by atoms with van der Waals surface area (Å²) >= 11 is 0. The highest BCUT2D eigenvalue weighted by Crippen LogP contribution is 2.49. The smallest absolute Gasteiger partial charge is 0.302 e. The minimum absolute atomic E-state index is 0.173. The number of hydrogen-bond donors (Lipinski definition) is 0. The first-order valence-corrected chi connectivity index (χ1v) is 6.66. The quantitative estimate of drug-likeness (QED) is 0.525. The van der Waals surface area contributed by atoms with E-state index in [2.05, 4.69) is 9.05 Å². The van der Waals surface area contributed by atoms with E-state index in [1.54, 1.807) is 0 Å². The first kappa shape index (κ1) is 20.5. The van der Waals surface area contributed by atoms with Gasteiger partial charge in [0.2, 0.25) is 0 Å². The number of halogens is 10. The number of rotatable bonds is 6.